The molecular weight excluding hydrogens is 204 g/mol. The average molecular weight is 224 g/mol. The van der Waals surface area contributed by atoms with E-state index in [2.05, 4.69) is 28.7 Å². The minimum atomic E-state index is 0.181. The van der Waals surface area contributed by atoms with Crippen molar-refractivity contribution in [3.63, 3.8) is 0 Å². The van der Waals surface area contributed by atoms with E-state index in [0.29, 0.717) is 13.0 Å². The molecule has 90 valence electrons. The van der Waals surface area contributed by atoms with Gasteiger partial charge in [-0.2, -0.15) is 0 Å². The Hall–Kier alpha value is -0.890. The van der Waals surface area contributed by atoms with Crippen LogP contribution in [0.3, 0.4) is 0 Å². The van der Waals surface area contributed by atoms with Crippen LogP contribution in [0.5, 0.6) is 0 Å². The molecule has 1 fully saturated rings. The molecule has 1 saturated heterocycles. The summed E-state index contributed by atoms with van der Waals surface area (Å²) in [7, 11) is 2.15. The van der Waals surface area contributed by atoms with Crippen molar-refractivity contribution < 1.29 is 9.53 Å². The summed E-state index contributed by atoms with van der Waals surface area (Å²) in [5, 5.41) is 0. The highest BCUT2D eigenvalue weighted by Crippen LogP contribution is 1.97. The van der Waals surface area contributed by atoms with Crippen molar-refractivity contribution in [3.8, 4) is 11.8 Å². The number of likely N-dealkylation sites (N-methyl/N-ethyl adjacent to an activating group) is 1. The first-order valence-corrected chi connectivity index (χ1v) is 5.71. The van der Waals surface area contributed by atoms with Gasteiger partial charge in [0.2, 0.25) is 0 Å². The summed E-state index contributed by atoms with van der Waals surface area (Å²) < 4.78 is 5.00. The summed E-state index contributed by atoms with van der Waals surface area (Å²) in [4.78, 5) is 14.6. The highest BCUT2D eigenvalue weighted by atomic mass is 16.5. The van der Waals surface area contributed by atoms with Crippen molar-refractivity contribution in [2.75, 3.05) is 53.0 Å². The number of carbonyl (C=O) groups is 1. The van der Waals surface area contributed by atoms with Gasteiger partial charge in [-0.25, -0.2) is 0 Å². The molecule has 0 atom stereocenters. The minimum Gasteiger partial charge on any atom is -0.373 e. The van der Waals surface area contributed by atoms with Crippen LogP contribution in [-0.2, 0) is 9.53 Å². The van der Waals surface area contributed by atoms with E-state index < -0.39 is 0 Å². The summed E-state index contributed by atoms with van der Waals surface area (Å²) in [5.41, 5.74) is 0. The maximum absolute atomic E-state index is 9.96. The fourth-order valence-corrected chi connectivity index (χ4v) is 1.52. The summed E-state index contributed by atoms with van der Waals surface area (Å²) in [5.74, 6) is 6.19. The lowest BCUT2D eigenvalue weighted by molar-refractivity contribution is -0.111. The molecule has 1 aliphatic heterocycles. The van der Waals surface area contributed by atoms with E-state index in [9.17, 15) is 4.79 Å². The predicted molar refractivity (Wildman–Crippen MR) is 63.2 cm³/mol. The van der Waals surface area contributed by atoms with Crippen LogP contribution >= 0.6 is 0 Å². The standard InChI is InChI=1S/C12H20N2O2/c1-13-6-8-14(9-7-13)5-3-2-4-11-16-12-10-15/h10H,4-9,11-12H2,1H3. The summed E-state index contributed by atoms with van der Waals surface area (Å²) in [6.45, 7) is 6.05. The van der Waals surface area contributed by atoms with Gasteiger partial charge < -0.3 is 14.4 Å². The molecule has 0 saturated carbocycles. The van der Waals surface area contributed by atoms with Crippen molar-refractivity contribution in [2.45, 2.75) is 6.42 Å². The largest absolute Gasteiger partial charge is 0.373 e. The van der Waals surface area contributed by atoms with Gasteiger partial charge in [0.05, 0.1) is 13.2 Å². The number of rotatable bonds is 5. The number of aldehydes is 1. The van der Waals surface area contributed by atoms with Crippen LogP contribution in [0.15, 0.2) is 0 Å². The predicted octanol–water partition coefficient (Wildman–Crippen LogP) is -0.157. The maximum atomic E-state index is 9.96. The number of nitrogens with zero attached hydrogens (tertiary/aromatic N) is 2. The Balaban J connectivity index is 2.01. The zero-order chi connectivity index (χ0) is 11.6. The molecule has 0 radical (unpaired) electrons. The van der Waals surface area contributed by atoms with Gasteiger partial charge in [-0.1, -0.05) is 11.8 Å². The van der Waals surface area contributed by atoms with Crippen LogP contribution in [0, 0.1) is 11.8 Å². The van der Waals surface area contributed by atoms with Crippen molar-refractivity contribution >= 4 is 6.29 Å². The van der Waals surface area contributed by atoms with Crippen LogP contribution in [0.2, 0.25) is 0 Å². The van der Waals surface area contributed by atoms with Gasteiger partial charge in [-0.05, 0) is 7.05 Å². The zero-order valence-corrected chi connectivity index (χ0v) is 9.95. The molecule has 4 heteroatoms. The van der Waals surface area contributed by atoms with E-state index in [1.807, 2.05) is 0 Å². The Bertz CT molecular complexity index is 249. The van der Waals surface area contributed by atoms with Crippen LogP contribution in [0.4, 0.5) is 0 Å². The van der Waals surface area contributed by atoms with Gasteiger partial charge in [-0.15, -0.1) is 0 Å². The molecule has 0 bridgehead atoms. The number of carbonyl (C=O) groups excluding carboxylic acids is 1. The fraction of sp³-hybridized carbons (Fsp3) is 0.750. The lowest BCUT2D eigenvalue weighted by atomic mass is 10.3. The smallest absolute Gasteiger partial charge is 0.145 e. The first-order valence-electron chi connectivity index (χ1n) is 5.71. The number of piperazine rings is 1. The van der Waals surface area contributed by atoms with E-state index in [1.165, 1.54) is 0 Å². The third kappa shape index (κ3) is 5.86. The van der Waals surface area contributed by atoms with E-state index in [1.54, 1.807) is 0 Å². The van der Waals surface area contributed by atoms with Crippen LogP contribution < -0.4 is 0 Å². The van der Waals surface area contributed by atoms with E-state index in [-0.39, 0.29) is 6.61 Å². The van der Waals surface area contributed by atoms with Gasteiger partial charge in [0.15, 0.2) is 0 Å². The molecule has 1 rings (SSSR count). The van der Waals surface area contributed by atoms with Gasteiger partial charge in [0.1, 0.15) is 12.9 Å². The molecular formula is C12H20N2O2. The number of hydrogen-bond acceptors (Lipinski definition) is 4. The molecule has 0 N–H and O–H groups in total. The fourth-order valence-electron chi connectivity index (χ4n) is 1.52. The van der Waals surface area contributed by atoms with Gasteiger partial charge in [-0.3, -0.25) is 4.90 Å². The monoisotopic (exact) mass is 224 g/mol. The zero-order valence-electron chi connectivity index (χ0n) is 9.95. The molecule has 16 heavy (non-hydrogen) atoms. The third-order valence-electron chi connectivity index (χ3n) is 2.58. The van der Waals surface area contributed by atoms with Crippen LogP contribution in [0.1, 0.15) is 6.42 Å². The van der Waals surface area contributed by atoms with Crippen LogP contribution in [-0.4, -0.2) is 69.1 Å². The second-order valence-electron chi connectivity index (χ2n) is 3.92. The number of ether oxygens (including phenoxy) is 1. The number of hydrogen-bond donors (Lipinski definition) is 0. The topological polar surface area (TPSA) is 32.8 Å². The first kappa shape index (κ1) is 13.2. The Kier molecular flexibility index (Phi) is 6.82. The van der Waals surface area contributed by atoms with Gasteiger partial charge in [0, 0.05) is 32.6 Å². The molecule has 0 spiro atoms. The molecule has 0 aromatic rings. The van der Waals surface area contributed by atoms with Crippen molar-refractivity contribution in [1.82, 2.24) is 9.80 Å². The van der Waals surface area contributed by atoms with Gasteiger partial charge in [0.25, 0.3) is 0 Å². The lowest BCUT2D eigenvalue weighted by Crippen LogP contribution is -2.44. The first-order chi connectivity index (χ1) is 7.83. The van der Waals surface area contributed by atoms with Gasteiger partial charge >= 0.3 is 0 Å². The Morgan fingerprint density at radius 1 is 1.25 bits per heavy atom. The van der Waals surface area contributed by atoms with E-state index >= 15 is 0 Å². The lowest BCUT2D eigenvalue weighted by Gasteiger charge is -2.30. The SMILES string of the molecule is CN1CCN(CC#CCCOCC=O)CC1. The highest BCUT2D eigenvalue weighted by molar-refractivity contribution is 5.50. The van der Waals surface area contributed by atoms with E-state index in [0.717, 1.165) is 39.0 Å². The molecule has 0 unspecified atom stereocenters. The second kappa shape index (κ2) is 8.28. The maximum Gasteiger partial charge on any atom is 0.145 e. The molecule has 0 amide bonds. The van der Waals surface area contributed by atoms with Crippen molar-refractivity contribution in [2.24, 2.45) is 0 Å². The van der Waals surface area contributed by atoms with Crippen molar-refractivity contribution in [1.29, 1.82) is 0 Å². The quantitative estimate of drug-likeness (QED) is 0.369. The van der Waals surface area contributed by atoms with Crippen LogP contribution in [0.25, 0.3) is 0 Å². The Labute approximate surface area is 97.5 Å². The minimum absolute atomic E-state index is 0.181. The molecule has 0 aromatic carbocycles. The third-order valence-corrected chi connectivity index (χ3v) is 2.58. The summed E-state index contributed by atoms with van der Waals surface area (Å²) in [6.07, 6.45) is 1.47. The van der Waals surface area contributed by atoms with E-state index in [4.69, 9.17) is 4.74 Å². The normalized spacial score (nSPS) is 17.8. The molecule has 1 aliphatic rings. The molecule has 0 aromatic heterocycles. The van der Waals surface area contributed by atoms with Crippen molar-refractivity contribution in [3.05, 3.63) is 0 Å². The highest BCUT2D eigenvalue weighted by Gasteiger charge is 2.11. The Morgan fingerprint density at radius 3 is 2.69 bits per heavy atom. The summed E-state index contributed by atoms with van der Waals surface area (Å²) in [6, 6.07) is 0. The second-order valence-corrected chi connectivity index (χ2v) is 3.92. The summed E-state index contributed by atoms with van der Waals surface area (Å²) >= 11 is 0. The average Bonchev–Trinajstić information content (AvgIpc) is 2.30. The molecule has 0 aliphatic carbocycles. The Morgan fingerprint density at radius 2 is 2.00 bits per heavy atom. The molecule has 1 heterocycles. The molecule has 4 nitrogen and oxygen atoms in total.